The molecule has 15 heteroatoms. The first kappa shape index (κ1) is 28.5. The van der Waals surface area contributed by atoms with Crippen molar-refractivity contribution in [3.63, 3.8) is 0 Å². The Hall–Kier alpha value is -1.50. The number of fused-ring (bicyclic) bond motifs is 1. The van der Waals surface area contributed by atoms with Crippen LogP contribution < -0.4 is 10.3 Å². The fourth-order valence-electron chi connectivity index (χ4n) is 3.95. The third-order valence-corrected chi connectivity index (χ3v) is 9.68. The highest BCUT2D eigenvalue weighted by Crippen LogP contribution is 2.49. The van der Waals surface area contributed by atoms with Crippen LogP contribution >= 0.6 is 69.6 Å². The fraction of sp³-hybridized carbons (Fsp3) is 0. The lowest BCUT2D eigenvalue weighted by Crippen LogP contribution is -2.20. The molecule has 0 aromatic heterocycles. The molecule has 0 heterocycles. The molecule has 0 aliphatic rings. The largest absolute Gasteiger partial charge is 0.508 e. The number of aromatic hydroxyl groups is 1. The second kappa shape index (κ2) is 9.91. The molecule has 7 nitrogen and oxygen atoms in total. The molecule has 0 saturated carbocycles. The first-order valence-corrected chi connectivity index (χ1v) is 15.1. The van der Waals surface area contributed by atoms with Gasteiger partial charge in [0.15, 0.2) is 0 Å². The summed E-state index contributed by atoms with van der Waals surface area (Å²) >= 11 is 37.0. The number of sulfonamides is 2. The van der Waals surface area contributed by atoms with E-state index in [1.165, 1.54) is 36.4 Å². The second-order valence-corrected chi connectivity index (χ2v) is 13.1. The van der Waals surface area contributed by atoms with Crippen molar-refractivity contribution in [2.24, 2.45) is 10.3 Å². The van der Waals surface area contributed by atoms with Crippen molar-refractivity contribution in [1.82, 2.24) is 0 Å². The summed E-state index contributed by atoms with van der Waals surface area (Å²) in [4.78, 5) is -1.31. The van der Waals surface area contributed by atoms with E-state index in [2.05, 4.69) is 0 Å². The van der Waals surface area contributed by atoms with Crippen molar-refractivity contribution in [2.75, 3.05) is 0 Å². The Balaban J connectivity index is 2.44. The topological polar surface area (TPSA) is 141 Å². The Morgan fingerprint density at radius 1 is 0.568 bits per heavy atom. The van der Waals surface area contributed by atoms with Crippen LogP contribution in [0.1, 0.15) is 0 Å². The number of phenolic OH excluding ortho intramolecular Hbond substituents is 1. The highest BCUT2D eigenvalue weighted by molar-refractivity contribution is 7.90. The summed E-state index contributed by atoms with van der Waals surface area (Å²) in [5.41, 5.74) is -0.527. The van der Waals surface area contributed by atoms with Crippen LogP contribution in [0.15, 0.2) is 52.3 Å². The molecule has 0 saturated heterocycles. The van der Waals surface area contributed by atoms with Crippen LogP contribution in [0, 0.1) is 0 Å². The highest BCUT2D eigenvalue weighted by atomic mass is 35.5. The highest BCUT2D eigenvalue weighted by Gasteiger charge is 2.33. The Morgan fingerprint density at radius 3 is 1.38 bits per heavy atom. The Labute approximate surface area is 241 Å². The number of halogens is 6. The maximum atomic E-state index is 13.2. The summed E-state index contributed by atoms with van der Waals surface area (Å²) in [6, 6.07) is 8.69. The standard InChI is InChI=1S/C22H12Cl6N2O5S2/c23-13-3-8(4-14(24)19(13)27)17-11-2-1-10(31)7-12(11)21(36(29,32)33)18(22(17)37(30,34)35)9-5-15(25)20(28)16(26)6-9/h1-7,31H,(H2,29,32,33)(H2,30,34,35). The zero-order valence-corrected chi connectivity index (χ0v) is 24.0. The van der Waals surface area contributed by atoms with Gasteiger partial charge in [0.2, 0.25) is 20.0 Å². The minimum absolute atomic E-state index is 0.00355. The lowest BCUT2D eigenvalue weighted by molar-refractivity contribution is 0.476. The molecule has 194 valence electrons. The molecule has 0 aliphatic heterocycles. The molecule has 5 N–H and O–H groups in total. The number of rotatable bonds is 4. The minimum atomic E-state index is -4.74. The smallest absolute Gasteiger partial charge is 0.239 e. The van der Waals surface area contributed by atoms with Gasteiger partial charge in [0, 0.05) is 16.5 Å². The number of benzene rings is 4. The first-order chi connectivity index (χ1) is 17.0. The summed E-state index contributed by atoms with van der Waals surface area (Å²) in [7, 11) is -9.43. The molecule has 37 heavy (non-hydrogen) atoms. The summed E-state index contributed by atoms with van der Waals surface area (Å²) in [5.74, 6) is -0.336. The van der Waals surface area contributed by atoms with Crippen LogP contribution in [-0.4, -0.2) is 21.9 Å². The van der Waals surface area contributed by atoms with Gasteiger partial charge < -0.3 is 5.11 Å². The number of phenols is 1. The number of hydrogen-bond acceptors (Lipinski definition) is 5. The zero-order valence-electron chi connectivity index (χ0n) is 17.9. The van der Waals surface area contributed by atoms with Gasteiger partial charge in [-0.25, -0.2) is 27.1 Å². The molecule has 4 rings (SSSR count). The molecule has 0 unspecified atom stereocenters. The van der Waals surface area contributed by atoms with Gasteiger partial charge in [-0.05, 0) is 59.0 Å². The lowest BCUT2D eigenvalue weighted by Gasteiger charge is -2.22. The molecule has 4 aromatic carbocycles. The third-order valence-electron chi connectivity index (χ3n) is 5.31. The Bertz CT molecular complexity index is 1820. The van der Waals surface area contributed by atoms with Gasteiger partial charge in [-0.2, -0.15) is 0 Å². The van der Waals surface area contributed by atoms with Crippen LogP contribution in [-0.2, 0) is 20.0 Å². The SMILES string of the molecule is NS(=O)(=O)c1c(-c2cc(Cl)c(Cl)c(Cl)c2)c(S(N)(=O)=O)c2cc(O)ccc2c1-c1cc(Cl)c(Cl)c(Cl)c1. The minimum Gasteiger partial charge on any atom is -0.508 e. The molecule has 0 fully saturated rings. The monoisotopic (exact) mass is 658 g/mol. The van der Waals surface area contributed by atoms with Gasteiger partial charge in [-0.3, -0.25) is 0 Å². The molecule has 0 amide bonds. The summed E-state index contributed by atoms with van der Waals surface area (Å²) < 4.78 is 52.3. The number of primary sulfonamides is 2. The van der Waals surface area contributed by atoms with Crippen LogP contribution in [0.5, 0.6) is 5.75 Å². The van der Waals surface area contributed by atoms with Crippen molar-refractivity contribution in [3.8, 4) is 28.0 Å². The molecule has 0 atom stereocenters. The summed E-state index contributed by atoms with van der Waals surface area (Å²) in [6.45, 7) is 0. The van der Waals surface area contributed by atoms with Crippen LogP contribution in [0.3, 0.4) is 0 Å². The quantitative estimate of drug-likeness (QED) is 0.200. The van der Waals surface area contributed by atoms with Crippen molar-refractivity contribution in [1.29, 1.82) is 0 Å². The van der Waals surface area contributed by atoms with E-state index in [1.807, 2.05) is 0 Å². The van der Waals surface area contributed by atoms with E-state index in [0.717, 1.165) is 6.07 Å². The van der Waals surface area contributed by atoms with E-state index in [1.54, 1.807) is 0 Å². The zero-order chi connectivity index (χ0) is 27.6. The van der Waals surface area contributed by atoms with Crippen LogP contribution in [0.2, 0.25) is 30.1 Å². The Morgan fingerprint density at radius 2 is 0.973 bits per heavy atom. The molecule has 0 bridgehead atoms. The average Bonchev–Trinajstić information content (AvgIpc) is 2.77. The second-order valence-electron chi connectivity index (χ2n) is 7.74. The van der Waals surface area contributed by atoms with E-state index in [-0.39, 0.29) is 63.3 Å². The average molecular weight is 661 g/mol. The van der Waals surface area contributed by atoms with E-state index < -0.39 is 35.4 Å². The summed E-state index contributed by atoms with van der Waals surface area (Å²) in [5, 5.41) is 21.1. The van der Waals surface area contributed by atoms with E-state index in [4.69, 9.17) is 79.9 Å². The van der Waals surface area contributed by atoms with Gasteiger partial charge in [-0.1, -0.05) is 69.6 Å². The van der Waals surface area contributed by atoms with Gasteiger partial charge in [0.25, 0.3) is 0 Å². The lowest BCUT2D eigenvalue weighted by atomic mass is 9.92. The van der Waals surface area contributed by atoms with Crippen molar-refractivity contribution in [3.05, 3.63) is 72.6 Å². The predicted octanol–water partition coefficient (Wildman–Crippen LogP) is 7.09. The molecule has 4 aromatic rings. The van der Waals surface area contributed by atoms with E-state index in [0.29, 0.717) is 0 Å². The van der Waals surface area contributed by atoms with Crippen molar-refractivity contribution >= 4 is 100 Å². The van der Waals surface area contributed by atoms with Gasteiger partial charge in [-0.15, -0.1) is 0 Å². The number of nitrogens with two attached hydrogens (primary N) is 2. The Kier molecular flexibility index (Phi) is 7.64. The maximum absolute atomic E-state index is 13.2. The normalized spacial score (nSPS) is 12.3. The van der Waals surface area contributed by atoms with Crippen molar-refractivity contribution in [2.45, 2.75) is 9.79 Å². The van der Waals surface area contributed by atoms with E-state index in [9.17, 15) is 21.9 Å². The first-order valence-electron chi connectivity index (χ1n) is 9.70. The van der Waals surface area contributed by atoms with Crippen LogP contribution in [0.4, 0.5) is 0 Å². The van der Waals surface area contributed by atoms with E-state index >= 15 is 0 Å². The molecule has 0 radical (unpaired) electrons. The van der Waals surface area contributed by atoms with Gasteiger partial charge in [0.1, 0.15) is 5.75 Å². The van der Waals surface area contributed by atoms with Crippen LogP contribution in [0.25, 0.3) is 33.0 Å². The van der Waals surface area contributed by atoms with Crippen molar-refractivity contribution < 1.29 is 21.9 Å². The molecule has 0 spiro atoms. The third kappa shape index (κ3) is 5.23. The van der Waals surface area contributed by atoms with Gasteiger partial charge in [0.05, 0.1) is 39.9 Å². The summed E-state index contributed by atoms with van der Waals surface area (Å²) in [6.07, 6.45) is 0. The van der Waals surface area contributed by atoms with Gasteiger partial charge >= 0.3 is 0 Å². The maximum Gasteiger partial charge on any atom is 0.239 e. The molecular weight excluding hydrogens is 649 g/mol. The molecular formula is C22H12Cl6N2O5S2. The number of hydrogen-bond donors (Lipinski definition) is 3. The fourth-order valence-corrected chi connectivity index (χ4v) is 7.21. The predicted molar refractivity (Wildman–Crippen MR) is 149 cm³/mol. The molecule has 0 aliphatic carbocycles.